The number of fused-ring (bicyclic) bond motifs is 1. The van der Waals surface area contributed by atoms with Crippen LogP contribution in [0.5, 0.6) is 0 Å². The minimum Gasteiger partial charge on any atom is -0.469 e. The number of furan rings is 1. The number of ether oxygens (including phenoxy) is 1. The first-order chi connectivity index (χ1) is 14.2. The van der Waals surface area contributed by atoms with Gasteiger partial charge >= 0.3 is 0 Å². The van der Waals surface area contributed by atoms with E-state index < -0.39 is 0 Å². The summed E-state index contributed by atoms with van der Waals surface area (Å²) in [5.41, 5.74) is 2.01. The lowest BCUT2D eigenvalue weighted by Crippen LogP contribution is -2.47. The van der Waals surface area contributed by atoms with Crippen LogP contribution in [0.2, 0.25) is 0 Å². The monoisotopic (exact) mass is 397 g/mol. The Balaban J connectivity index is 1.33. The van der Waals surface area contributed by atoms with E-state index in [4.69, 9.17) is 9.15 Å². The molecule has 152 valence electrons. The van der Waals surface area contributed by atoms with Gasteiger partial charge in [-0.25, -0.2) is 14.6 Å². The van der Waals surface area contributed by atoms with Crippen molar-refractivity contribution in [3.63, 3.8) is 0 Å². The molecule has 1 atom stereocenters. The number of carbonyl (C=O) groups is 1. The second kappa shape index (κ2) is 7.43. The summed E-state index contributed by atoms with van der Waals surface area (Å²) in [6.45, 7) is 5.75. The molecule has 0 bridgehead atoms. The van der Waals surface area contributed by atoms with E-state index in [2.05, 4.69) is 25.2 Å². The third kappa shape index (κ3) is 3.33. The van der Waals surface area contributed by atoms with Crippen LogP contribution in [0, 0.1) is 6.92 Å². The zero-order chi connectivity index (χ0) is 19.8. The molecule has 3 aromatic rings. The van der Waals surface area contributed by atoms with E-state index in [-0.39, 0.29) is 12.0 Å². The molecular weight excluding hydrogens is 374 g/mol. The van der Waals surface area contributed by atoms with Crippen LogP contribution in [-0.4, -0.2) is 74.7 Å². The van der Waals surface area contributed by atoms with Gasteiger partial charge in [0, 0.05) is 26.2 Å². The van der Waals surface area contributed by atoms with Crippen LogP contribution in [0.3, 0.4) is 0 Å². The minimum absolute atomic E-state index is 0.0355. The molecule has 1 amide bonds. The van der Waals surface area contributed by atoms with Crippen molar-refractivity contribution in [3.8, 4) is 0 Å². The molecule has 29 heavy (non-hydrogen) atoms. The summed E-state index contributed by atoms with van der Waals surface area (Å²) in [7, 11) is 0. The van der Waals surface area contributed by atoms with Crippen LogP contribution < -0.4 is 4.90 Å². The first kappa shape index (κ1) is 18.0. The number of aryl methyl sites for hydroxylation is 1. The molecule has 2 aliphatic rings. The van der Waals surface area contributed by atoms with Crippen LogP contribution >= 0.6 is 0 Å². The molecule has 0 aromatic carbocycles. The Morgan fingerprint density at radius 1 is 1.24 bits per heavy atom. The first-order valence-corrected chi connectivity index (χ1v) is 9.95. The molecule has 0 saturated carbocycles. The zero-order valence-corrected chi connectivity index (χ0v) is 16.3. The highest BCUT2D eigenvalue weighted by Gasteiger charge is 2.28. The Kier molecular flexibility index (Phi) is 4.62. The van der Waals surface area contributed by atoms with Crippen LogP contribution in [0.25, 0.3) is 11.2 Å². The number of hydrogen-bond donors (Lipinski definition) is 0. The topological polar surface area (TPSA) is 102 Å². The van der Waals surface area contributed by atoms with Crippen LogP contribution in [0.15, 0.2) is 23.1 Å². The molecule has 2 fully saturated rings. The molecule has 2 aliphatic heterocycles. The highest BCUT2D eigenvalue weighted by Crippen LogP contribution is 2.24. The smallest absolute Gasteiger partial charge is 0.257 e. The maximum Gasteiger partial charge on any atom is 0.257 e. The Labute approximate surface area is 167 Å². The van der Waals surface area contributed by atoms with E-state index in [1.807, 2.05) is 0 Å². The average molecular weight is 397 g/mol. The number of rotatable bonds is 4. The van der Waals surface area contributed by atoms with Gasteiger partial charge in [0.25, 0.3) is 5.91 Å². The van der Waals surface area contributed by atoms with Gasteiger partial charge in [-0.3, -0.25) is 4.79 Å². The van der Waals surface area contributed by atoms with Gasteiger partial charge in [-0.05, 0) is 25.8 Å². The molecule has 10 heteroatoms. The van der Waals surface area contributed by atoms with Gasteiger partial charge in [0.2, 0.25) is 0 Å². The Morgan fingerprint density at radius 3 is 2.90 bits per heavy atom. The van der Waals surface area contributed by atoms with Crippen molar-refractivity contribution in [1.82, 2.24) is 29.9 Å². The van der Waals surface area contributed by atoms with E-state index in [0.717, 1.165) is 31.7 Å². The number of anilines is 1. The lowest BCUT2D eigenvalue weighted by Gasteiger charge is -2.32. The predicted molar refractivity (Wildman–Crippen MR) is 104 cm³/mol. The minimum atomic E-state index is -0.185. The Hall–Kier alpha value is -3.01. The van der Waals surface area contributed by atoms with E-state index in [1.165, 1.54) is 0 Å². The Bertz CT molecular complexity index is 1020. The molecule has 5 rings (SSSR count). The van der Waals surface area contributed by atoms with Gasteiger partial charge in [0.15, 0.2) is 17.0 Å². The molecule has 10 nitrogen and oxygen atoms in total. The molecule has 0 N–H and O–H groups in total. The van der Waals surface area contributed by atoms with Crippen LogP contribution in [0.1, 0.15) is 29.0 Å². The third-order valence-electron chi connectivity index (χ3n) is 5.58. The van der Waals surface area contributed by atoms with E-state index in [1.54, 1.807) is 35.2 Å². The van der Waals surface area contributed by atoms with E-state index in [9.17, 15) is 4.79 Å². The molecule has 0 unspecified atom stereocenters. The van der Waals surface area contributed by atoms with Gasteiger partial charge in [-0.2, -0.15) is 0 Å². The second-order valence-electron chi connectivity index (χ2n) is 7.47. The number of aromatic nitrogens is 5. The molecule has 3 aromatic heterocycles. The molecular formula is C19H23N7O3. The van der Waals surface area contributed by atoms with Gasteiger partial charge in [0.05, 0.1) is 31.1 Å². The molecule has 0 aliphatic carbocycles. The zero-order valence-electron chi connectivity index (χ0n) is 16.3. The molecule has 0 spiro atoms. The van der Waals surface area contributed by atoms with Crippen LogP contribution in [0.4, 0.5) is 5.82 Å². The van der Waals surface area contributed by atoms with Crippen molar-refractivity contribution < 1.29 is 13.9 Å². The third-order valence-corrected chi connectivity index (χ3v) is 5.58. The number of hydrogen-bond acceptors (Lipinski definition) is 8. The fourth-order valence-electron chi connectivity index (χ4n) is 4.05. The van der Waals surface area contributed by atoms with Gasteiger partial charge in [0.1, 0.15) is 12.1 Å². The molecule has 2 saturated heterocycles. The quantitative estimate of drug-likeness (QED) is 0.648. The fraction of sp³-hybridized carbons (Fsp3) is 0.526. The summed E-state index contributed by atoms with van der Waals surface area (Å²) in [6.07, 6.45) is 5.25. The summed E-state index contributed by atoms with van der Waals surface area (Å²) in [6, 6.07) is 1.71. The first-order valence-electron chi connectivity index (χ1n) is 9.95. The number of carbonyl (C=O) groups excluding carboxylic acids is 1. The summed E-state index contributed by atoms with van der Waals surface area (Å²) in [4.78, 5) is 25.6. The Morgan fingerprint density at radius 2 is 2.10 bits per heavy atom. The SMILES string of the molecule is Cc1occc1C(=O)N1CCO[C@@H](Cn2nnc3c(N4CCCC4)ncnc32)C1. The van der Waals surface area contributed by atoms with E-state index >= 15 is 0 Å². The second-order valence-corrected chi connectivity index (χ2v) is 7.47. The van der Waals surface area contributed by atoms with Crippen molar-refractivity contribution in [2.75, 3.05) is 37.7 Å². The number of amides is 1. The van der Waals surface area contributed by atoms with Crippen molar-refractivity contribution in [2.24, 2.45) is 0 Å². The summed E-state index contributed by atoms with van der Waals surface area (Å²) in [5.74, 6) is 1.44. The lowest BCUT2D eigenvalue weighted by molar-refractivity contribution is -0.0297. The summed E-state index contributed by atoms with van der Waals surface area (Å²) >= 11 is 0. The van der Waals surface area contributed by atoms with Crippen molar-refractivity contribution >= 4 is 22.9 Å². The predicted octanol–water partition coefficient (Wildman–Crippen LogP) is 1.26. The van der Waals surface area contributed by atoms with Gasteiger partial charge < -0.3 is 19.0 Å². The fourth-order valence-corrected chi connectivity index (χ4v) is 4.05. The van der Waals surface area contributed by atoms with Gasteiger partial charge in [-0.15, -0.1) is 5.10 Å². The summed E-state index contributed by atoms with van der Waals surface area (Å²) < 4.78 is 12.9. The molecule has 5 heterocycles. The van der Waals surface area contributed by atoms with E-state index in [0.29, 0.717) is 48.7 Å². The van der Waals surface area contributed by atoms with Gasteiger partial charge in [-0.1, -0.05) is 5.21 Å². The number of nitrogens with zero attached hydrogens (tertiary/aromatic N) is 7. The summed E-state index contributed by atoms with van der Waals surface area (Å²) in [5, 5.41) is 8.63. The lowest BCUT2D eigenvalue weighted by atomic mass is 10.2. The largest absolute Gasteiger partial charge is 0.469 e. The van der Waals surface area contributed by atoms with Crippen LogP contribution in [-0.2, 0) is 11.3 Å². The maximum atomic E-state index is 12.8. The highest BCUT2D eigenvalue weighted by molar-refractivity contribution is 5.95. The normalized spacial score (nSPS) is 20.0. The van der Waals surface area contributed by atoms with Crippen molar-refractivity contribution in [1.29, 1.82) is 0 Å². The van der Waals surface area contributed by atoms with Crippen molar-refractivity contribution in [2.45, 2.75) is 32.4 Å². The average Bonchev–Trinajstić information content (AvgIpc) is 3.49. The maximum absolute atomic E-state index is 12.8. The standard InChI is InChI=1S/C19H23N7O3/c1-13-15(4-8-28-13)19(27)25-7-9-29-14(10-25)11-26-18-16(22-23-26)17(20-12-21-18)24-5-2-3-6-24/h4,8,12,14H,2-3,5-7,9-11H2,1H3/t14-/m1/s1. The highest BCUT2D eigenvalue weighted by atomic mass is 16.5. The molecule has 0 radical (unpaired) electrons. The van der Waals surface area contributed by atoms with Crippen molar-refractivity contribution in [3.05, 3.63) is 30.0 Å². The number of morpholine rings is 1.